The van der Waals surface area contributed by atoms with Gasteiger partial charge < -0.3 is 9.47 Å². The van der Waals surface area contributed by atoms with Gasteiger partial charge in [-0.05, 0) is 79.1 Å². The van der Waals surface area contributed by atoms with Gasteiger partial charge in [-0.25, -0.2) is 4.68 Å². The van der Waals surface area contributed by atoms with Gasteiger partial charge in [-0.3, -0.25) is 4.79 Å². The predicted octanol–water partition coefficient (Wildman–Crippen LogP) is 5.83. The van der Waals surface area contributed by atoms with Crippen molar-refractivity contribution in [1.82, 2.24) is 24.4 Å². The standard InChI is InChI=1S/C33H29N5O3S/c1-4-18-41-26-13-10-23(11-14-26)12-17-30-34-33-38(35-30)32(39)29(42-33)20-24-21-37(25-8-6-5-7-9-25)36-31(24)28-16-15-27(40-3)19-22(28)2/h5-17,19-21H,4,18H2,1-3H3/b17-12+,29-20-. The van der Waals surface area contributed by atoms with Gasteiger partial charge in [0.25, 0.3) is 5.56 Å². The Labute approximate surface area is 246 Å². The fourth-order valence-electron chi connectivity index (χ4n) is 4.57. The van der Waals surface area contributed by atoms with E-state index in [9.17, 15) is 4.79 Å². The molecule has 6 rings (SSSR count). The topological polar surface area (TPSA) is 83.5 Å². The second kappa shape index (κ2) is 11.8. The molecule has 0 amide bonds. The SMILES string of the molecule is CCCOc1ccc(/C=C/c2nc3s/c(=C\c4cn(-c5ccccc5)nc4-c4ccc(OC)cc4C)c(=O)n3n2)cc1. The summed E-state index contributed by atoms with van der Waals surface area (Å²) in [5.74, 6) is 2.09. The van der Waals surface area contributed by atoms with Gasteiger partial charge in [0.05, 0.1) is 23.9 Å². The van der Waals surface area contributed by atoms with E-state index in [4.69, 9.17) is 14.6 Å². The molecule has 0 saturated heterocycles. The highest BCUT2D eigenvalue weighted by Gasteiger charge is 2.15. The minimum atomic E-state index is -0.218. The largest absolute Gasteiger partial charge is 0.497 e. The van der Waals surface area contributed by atoms with E-state index in [1.54, 1.807) is 13.2 Å². The van der Waals surface area contributed by atoms with Gasteiger partial charge >= 0.3 is 0 Å². The number of hydrogen-bond acceptors (Lipinski definition) is 7. The summed E-state index contributed by atoms with van der Waals surface area (Å²) in [6.07, 6.45) is 8.50. The van der Waals surface area contributed by atoms with E-state index in [1.165, 1.54) is 15.9 Å². The highest BCUT2D eigenvalue weighted by atomic mass is 32.1. The fourth-order valence-corrected chi connectivity index (χ4v) is 5.48. The van der Waals surface area contributed by atoms with Crippen LogP contribution in [0.15, 0.2) is 83.8 Å². The molecule has 8 nitrogen and oxygen atoms in total. The molecule has 9 heteroatoms. The average molecular weight is 576 g/mol. The first kappa shape index (κ1) is 27.2. The van der Waals surface area contributed by atoms with E-state index in [-0.39, 0.29) is 5.56 Å². The summed E-state index contributed by atoms with van der Waals surface area (Å²) in [6.45, 7) is 4.79. The lowest BCUT2D eigenvalue weighted by Gasteiger charge is -2.07. The molecule has 0 fully saturated rings. The fraction of sp³-hybridized carbons (Fsp3) is 0.152. The number of ether oxygens (including phenoxy) is 2. The van der Waals surface area contributed by atoms with E-state index in [2.05, 4.69) is 17.0 Å². The van der Waals surface area contributed by atoms with Crippen LogP contribution >= 0.6 is 11.3 Å². The molecule has 0 atom stereocenters. The summed E-state index contributed by atoms with van der Waals surface area (Å²) >= 11 is 1.30. The van der Waals surface area contributed by atoms with Crippen molar-refractivity contribution in [3.8, 4) is 28.4 Å². The van der Waals surface area contributed by atoms with E-state index < -0.39 is 0 Å². The molecule has 3 aromatic carbocycles. The second-order valence-electron chi connectivity index (χ2n) is 9.73. The summed E-state index contributed by atoms with van der Waals surface area (Å²) in [5.41, 5.74) is 5.27. The quantitative estimate of drug-likeness (QED) is 0.216. The lowest BCUT2D eigenvalue weighted by Crippen LogP contribution is -2.23. The Morgan fingerprint density at radius 2 is 1.74 bits per heavy atom. The molecule has 3 heterocycles. The van der Waals surface area contributed by atoms with Crippen LogP contribution < -0.4 is 19.6 Å². The lowest BCUT2D eigenvalue weighted by molar-refractivity contribution is 0.317. The maximum Gasteiger partial charge on any atom is 0.291 e. The number of hydrogen-bond donors (Lipinski definition) is 0. The summed E-state index contributed by atoms with van der Waals surface area (Å²) in [6, 6.07) is 23.6. The molecule has 0 aliphatic heterocycles. The molecule has 42 heavy (non-hydrogen) atoms. The van der Waals surface area contributed by atoms with Crippen LogP contribution in [-0.4, -0.2) is 38.1 Å². The Hall–Kier alpha value is -5.02. The second-order valence-corrected chi connectivity index (χ2v) is 10.7. The lowest BCUT2D eigenvalue weighted by atomic mass is 10.0. The van der Waals surface area contributed by atoms with Crippen molar-refractivity contribution in [2.75, 3.05) is 13.7 Å². The molecule has 210 valence electrons. The first-order chi connectivity index (χ1) is 20.5. The van der Waals surface area contributed by atoms with Crippen LogP contribution in [-0.2, 0) is 0 Å². The molecular weight excluding hydrogens is 546 g/mol. The molecule has 0 N–H and O–H groups in total. The van der Waals surface area contributed by atoms with Gasteiger partial charge in [0.2, 0.25) is 4.96 Å². The Morgan fingerprint density at radius 1 is 0.952 bits per heavy atom. The van der Waals surface area contributed by atoms with E-state index >= 15 is 0 Å². The van der Waals surface area contributed by atoms with E-state index in [1.807, 2.05) is 103 Å². The van der Waals surface area contributed by atoms with Gasteiger partial charge in [0.1, 0.15) is 17.2 Å². The number of thiazole rings is 1. The molecule has 0 spiro atoms. The van der Waals surface area contributed by atoms with Crippen molar-refractivity contribution in [2.24, 2.45) is 0 Å². The predicted molar refractivity (Wildman–Crippen MR) is 167 cm³/mol. The molecule has 0 aliphatic rings. The van der Waals surface area contributed by atoms with E-state index in [0.717, 1.165) is 51.6 Å². The number of methoxy groups -OCH3 is 1. The average Bonchev–Trinajstić information content (AvgIpc) is 3.70. The molecule has 0 bridgehead atoms. The van der Waals surface area contributed by atoms with Gasteiger partial charge in [0.15, 0.2) is 5.82 Å². The van der Waals surface area contributed by atoms with E-state index in [0.29, 0.717) is 21.9 Å². The molecule has 6 aromatic rings. The molecule has 0 saturated carbocycles. The maximum absolute atomic E-state index is 13.4. The van der Waals surface area contributed by atoms with Gasteiger partial charge in [-0.2, -0.15) is 14.6 Å². The van der Waals surface area contributed by atoms with Crippen molar-refractivity contribution in [2.45, 2.75) is 20.3 Å². The van der Waals surface area contributed by atoms with Crippen LogP contribution in [0.5, 0.6) is 11.5 Å². The number of aryl methyl sites for hydroxylation is 1. The zero-order chi connectivity index (χ0) is 29.1. The summed E-state index contributed by atoms with van der Waals surface area (Å²) in [4.78, 5) is 18.5. The molecule has 0 radical (unpaired) electrons. The van der Waals surface area contributed by atoms with Crippen molar-refractivity contribution in [3.05, 3.63) is 116 Å². The van der Waals surface area contributed by atoms with Gasteiger partial charge in [-0.1, -0.05) is 54.7 Å². The van der Waals surface area contributed by atoms with Crippen LogP contribution in [0.1, 0.15) is 35.9 Å². The Balaban J connectivity index is 1.35. The van der Waals surface area contributed by atoms with Crippen LogP contribution in [0.2, 0.25) is 0 Å². The van der Waals surface area contributed by atoms with Crippen LogP contribution in [0, 0.1) is 6.92 Å². The minimum Gasteiger partial charge on any atom is -0.497 e. The molecule has 0 aliphatic carbocycles. The zero-order valence-corrected chi connectivity index (χ0v) is 24.3. The number of nitrogens with zero attached hydrogens (tertiary/aromatic N) is 5. The number of rotatable bonds is 9. The van der Waals surface area contributed by atoms with Crippen LogP contribution in [0.3, 0.4) is 0 Å². The highest BCUT2D eigenvalue weighted by molar-refractivity contribution is 7.15. The molecule has 0 unspecified atom stereocenters. The van der Waals surface area contributed by atoms with Crippen molar-refractivity contribution >= 4 is 34.5 Å². The third kappa shape index (κ3) is 5.59. The number of aromatic nitrogens is 5. The first-order valence-corrected chi connectivity index (χ1v) is 14.5. The Morgan fingerprint density at radius 3 is 2.45 bits per heavy atom. The maximum atomic E-state index is 13.4. The van der Waals surface area contributed by atoms with Crippen molar-refractivity contribution < 1.29 is 9.47 Å². The normalized spacial score (nSPS) is 12.0. The summed E-state index contributed by atoms with van der Waals surface area (Å²) in [5, 5.41) is 9.37. The number of fused-ring (bicyclic) bond motifs is 1. The third-order valence-corrected chi connectivity index (χ3v) is 7.67. The van der Waals surface area contributed by atoms with Crippen LogP contribution in [0.4, 0.5) is 0 Å². The highest BCUT2D eigenvalue weighted by Crippen LogP contribution is 2.30. The summed E-state index contributed by atoms with van der Waals surface area (Å²) in [7, 11) is 1.65. The first-order valence-electron chi connectivity index (χ1n) is 13.6. The number of benzene rings is 3. The third-order valence-electron chi connectivity index (χ3n) is 6.71. The Kier molecular flexibility index (Phi) is 7.66. The Bertz CT molecular complexity index is 1990. The molecule has 3 aromatic heterocycles. The summed E-state index contributed by atoms with van der Waals surface area (Å²) < 4.78 is 14.8. The molecular formula is C33H29N5O3S. The number of para-hydroxylation sites is 1. The zero-order valence-electron chi connectivity index (χ0n) is 23.5. The van der Waals surface area contributed by atoms with Gasteiger partial charge in [0, 0.05) is 17.3 Å². The smallest absolute Gasteiger partial charge is 0.291 e. The monoisotopic (exact) mass is 575 g/mol. The minimum absolute atomic E-state index is 0.218. The van der Waals surface area contributed by atoms with Crippen molar-refractivity contribution in [3.63, 3.8) is 0 Å². The van der Waals surface area contributed by atoms with Gasteiger partial charge in [-0.15, -0.1) is 5.10 Å². The van der Waals surface area contributed by atoms with Crippen LogP contribution in [0.25, 0.3) is 40.1 Å². The van der Waals surface area contributed by atoms with Crippen molar-refractivity contribution in [1.29, 1.82) is 0 Å².